The van der Waals surface area contributed by atoms with Gasteiger partial charge in [0.1, 0.15) is 4.47 Å². The smallest absolute Gasteiger partial charge is 0.283 e. The molecule has 0 unspecified atom stereocenters. The Hall–Kier alpha value is -0.530. The van der Waals surface area contributed by atoms with Crippen LogP contribution in [0.1, 0.15) is 12.8 Å². The van der Waals surface area contributed by atoms with Crippen molar-refractivity contribution in [3.05, 3.63) is 21.0 Å². The van der Waals surface area contributed by atoms with E-state index in [0.29, 0.717) is 10.5 Å². The summed E-state index contributed by atoms with van der Waals surface area (Å²) in [7, 11) is 0. The number of hydrogen-bond acceptors (Lipinski definition) is 5. The molecule has 1 aromatic heterocycles. The van der Waals surface area contributed by atoms with Gasteiger partial charge >= 0.3 is 0 Å². The van der Waals surface area contributed by atoms with Crippen molar-refractivity contribution in [3.8, 4) is 0 Å². The van der Waals surface area contributed by atoms with Gasteiger partial charge in [-0.3, -0.25) is 4.79 Å². The van der Waals surface area contributed by atoms with Gasteiger partial charge in [0.25, 0.3) is 5.56 Å². The van der Waals surface area contributed by atoms with Crippen molar-refractivity contribution < 1.29 is 5.11 Å². The maximum atomic E-state index is 11.9. The second-order valence-corrected chi connectivity index (χ2v) is 6.17. The highest BCUT2D eigenvalue weighted by Gasteiger charge is 2.16. The highest BCUT2D eigenvalue weighted by molar-refractivity contribution is 9.10. The number of hydrogen-bond donors (Lipinski definition) is 2. The van der Waals surface area contributed by atoms with Gasteiger partial charge in [0, 0.05) is 6.04 Å². The lowest BCUT2D eigenvalue weighted by atomic mass is 10.1. The summed E-state index contributed by atoms with van der Waals surface area (Å²) in [5.74, 6) is 2.31. The Morgan fingerprint density at radius 3 is 2.94 bits per heavy atom. The Morgan fingerprint density at radius 2 is 2.28 bits per heavy atom. The van der Waals surface area contributed by atoms with Crippen LogP contribution in [0.4, 0.5) is 5.69 Å². The molecular weight excluding hydrogens is 318 g/mol. The number of aliphatic hydroxyl groups excluding tert-OH is 1. The van der Waals surface area contributed by atoms with Gasteiger partial charge in [-0.2, -0.15) is 16.9 Å². The normalized spacial score (nSPS) is 16.8. The van der Waals surface area contributed by atoms with Crippen molar-refractivity contribution in [2.24, 2.45) is 0 Å². The first-order valence-electron chi connectivity index (χ1n) is 5.93. The van der Waals surface area contributed by atoms with Crippen molar-refractivity contribution in [2.45, 2.75) is 25.4 Å². The third-order valence-electron chi connectivity index (χ3n) is 2.88. The van der Waals surface area contributed by atoms with Gasteiger partial charge in [0.05, 0.1) is 25.0 Å². The van der Waals surface area contributed by atoms with Crippen LogP contribution in [-0.4, -0.2) is 39.0 Å². The molecule has 0 amide bonds. The Balaban J connectivity index is 2.13. The van der Waals surface area contributed by atoms with E-state index in [1.165, 1.54) is 4.68 Å². The third kappa shape index (κ3) is 3.27. The highest BCUT2D eigenvalue weighted by Crippen LogP contribution is 2.23. The Bertz CT molecular complexity index is 460. The van der Waals surface area contributed by atoms with E-state index in [9.17, 15) is 4.79 Å². The van der Waals surface area contributed by atoms with Crippen molar-refractivity contribution in [1.82, 2.24) is 9.78 Å². The number of thioether (sulfide) groups is 1. The summed E-state index contributed by atoms with van der Waals surface area (Å²) in [6.07, 6.45) is 3.86. The fourth-order valence-electron chi connectivity index (χ4n) is 1.88. The molecule has 0 aromatic carbocycles. The number of halogens is 1. The molecule has 0 spiro atoms. The van der Waals surface area contributed by atoms with Crippen LogP contribution in [0.5, 0.6) is 0 Å². The predicted molar refractivity (Wildman–Crippen MR) is 77.3 cm³/mol. The average molecular weight is 334 g/mol. The van der Waals surface area contributed by atoms with E-state index in [-0.39, 0.29) is 18.7 Å². The summed E-state index contributed by atoms with van der Waals surface area (Å²) in [6.45, 7) is 0.129. The van der Waals surface area contributed by atoms with E-state index in [0.717, 1.165) is 30.0 Å². The first kappa shape index (κ1) is 13.9. The number of anilines is 1. The van der Waals surface area contributed by atoms with Gasteiger partial charge in [-0.1, -0.05) is 0 Å². The van der Waals surface area contributed by atoms with Gasteiger partial charge in [-0.25, -0.2) is 4.68 Å². The van der Waals surface area contributed by atoms with Crippen LogP contribution in [0, 0.1) is 0 Å². The SMILES string of the molecule is O=c1c(Br)c(NC2CCSCC2)cnn1CCO. The first-order valence-corrected chi connectivity index (χ1v) is 7.88. The number of nitrogens with one attached hydrogen (secondary N) is 1. The summed E-state index contributed by atoms with van der Waals surface area (Å²) >= 11 is 5.27. The van der Waals surface area contributed by atoms with E-state index in [4.69, 9.17) is 5.11 Å². The van der Waals surface area contributed by atoms with Crippen LogP contribution in [0.15, 0.2) is 15.5 Å². The summed E-state index contributed by atoms with van der Waals surface area (Å²) in [4.78, 5) is 11.9. The lowest BCUT2D eigenvalue weighted by molar-refractivity contribution is 0.266. The molecule has 1 saturated heterocycles. The molecule has 7 heteroatoms. The lowest BCUT2D eigenvalue weighted by Gasteiger charge is -2.24. The summed E-state index contributed by atoms with van der Waals surface area (Å²) in [5, 5.41) is 16.2. The van der Waals surface area contributed by atoms with Crippen LogP contribution in [-0.2, 0) is 6.54 Å². The Labute approximate surface area is 118 Å². The molecule has 2 heterocycles. The molecule has 0 atom stereocenters. The molecular formula is C11H16BrN3O2S. The molecule has 1 aromatic rings. The molecule has 0 aliphatic carbocycles. The van der Waals surface area contributed by atoms with E-state index < -0.39 is 0 Å². The maximum absolute atomic E-state index is 11.9. The summed E-state index contributed by atoms with van der Waals surface area (Å²) < 4.78 is 1.75. The van der Waals surface area contributed by atoms with Crippen molar-refractivity contribution >= 4 is 33.4 Å². The quantitative estimate of drug-likeness (QED) is 0.869. The second kappa shape index (κ2) is 6.58. The lowest BCUT2D eigenvalue weighted by Crippen LogP contribution is -2.29. The molecule has 0 saturated carbocycles. The minimum atomic E-state index is -0.209. The zero-order chi connectivity index (χ0) is 13.0. The predicted octanol–water partition coefficient (Wildman–Crippen LogP) is 1.31. The van der Waals surface area contributed by atoms with Crippen LogP contribution in [0.2, 0.25) is 0 Å². The van der Waals surface area contributed by atoms with Crippen LogP contribution >= 0.6 is 27.7 Å². The molecule has 2 rings (SSSR count). The van der Waals surface area contributed by atoms with Gasteiger partial charge in [-0.05, 0) is 40.3 Å². The summed E-state index contributed by atoms with van der Waals surface area (Å²) in [5.41, 5.74) is 0.533. The topological polar surface area (TPSA) is 67.2 Å². The zero-order valence-corrected chi connectivity index (χ0v) is 12.3. The highest BCUT2D eigenvalue weighted by atomic mass is 79.9. The van der Waals surface area contributed by atoms with Crippen LogP contribution in [0.3, 0.4) is 0 Å². The van der Waals surface area contributed by atoms with Gasteiger partial charge < -0.3 is 10.4 Å². The Kier molecular flexibility index (Phi) is 5.08. The first-order chi connectivity index (χ1) is 8.72. The third-order valence-corrected chi connectivity index (χ3v) is 4.69. The minimum absolute atomic E-state index is 0.0913. The van der Waals surface area contributed by atoms with Crippen LogP contribution < -0.4 is 10.9 Å². The average Bonchev–Trinajstić information content (AvgIpc) is 2.40. The molecule has 1 fully saturated rings. The van der Waals surface area contributed by atoms with E-state index in [2.05, 4.69) is 26.3 Å². The molecule has 1 aliphatic heterocycles. The monoisotopic (exact) mass is 333 g/mol. The van der Waals surface area contributed by atoms with Gasteiger partial charge in [0.2, 0.25) is 0 Å². The number of aliphatic hydroxyl groups is 1. The zero-order valence-electron chi connectivity index (χ0n) is 9.93. The van der Waals surface area contributed by atoms with Crippen molar-refractivity contribution in [3.63, 3.8) is 0 Å². The molecule has 100 valence electrons. The molecule has 5 nitrogen and oxygen atoms in total. The van der Waals surface area contributed by atoms with Crippen molar-refractivity contribution in [1.29, 1.82) is 0 Å². The van der Waals surface area contributed by atoms with Crippen molar-refractivity contribution in [2.75, 3.05) is 23.4 Å². The van der Waals surface area contributed by atoms with E-state index in [1.807, 2.05) is 11.8 Å². The van der Waals surface area contributed by atoms with Gasteiger partial charge in [0.15, 0.2) is 0 Å². The molecule has 0 bridgehead atoms. The Morgan fingerprint density at radius 1 is 1.56 bits per heavy atom. The standard InChI is InChI=1S/C11H16BrN3O2S/c12-10-9(14-8-1-5-18-6-2-8)7-13-15(3-4-16)11(10)17/h7-8,14,16H,1-6H2. The fraction of sp³-hybridized carbons (Fsp3) is 0.636. The van der Waals surface area contributed by atoms with E-state index >= 15 is 0 Å². The number of aromatic nitrogens is 2. The van der Waals surface area contributed by atoms with Gasteiger partial charge in [-0.15, -0.1) is 0 Å². The number of rotatable bonds is 4. The van der Waals surface area contributed by atoms with E-state index in [1.54, 1.807) is 6.20 Å². The number of nitrogens with zero attached hydrogens (tertiary/aromatic N) is 2. The second-order valence-electron chi connectivity index (χ2n) is 4.16. The fourth-order valence-corrected chi connectivity index (χ4v) is 3.41. The summed E-state index contributed by atoms with van der Waals surface area (Å²) in [6, 6.07) is 0.414. The molecule has 2 N–H and O–H groups in total. The minimum Gasteiger partial charge on any atom is -0.394 e. The van der Waals surface area contributed by atoms with Crippen LogP contribution in [0.25, 0.3) is 0 Å². The molecule has 18 heavy (non-hydrogen) atoms. The largest absolute Gasteiger partial charge is 0.394 e. The molecule has 0 radical (unpaired) electrons. The maximum Gasteiger partial charge on any atom is 0.283 e. The molecule has 1 aliphatic rings.